The van der Waals surface area contributed by atoms with Crippen LogP contribution in [-0.4, -0.2) is 7.11 Å². The molecule has 0 heterocycles. The molecule has 2 atom stereocenters. The van der Waals surface area contributed by atoms with E-state index in [-0.39, 0.29) is 0 Å². The molecule has 0 spiro atoms. The van der Waals surface area contributed by atoms with Gasteiger partial charge in [0.1, 0.15) is 5.75 Å². The first kappa shape index (κ1) is 13.9. The van der Waals surface area contributed by atoms with E-state index in [1.165, 1.54) is 31.2 Å². The fourth-order valence-electron chi connectivity index (χ4n) is 3.08. The van der Waals surface area contributed by atoms with Crippen LogP contribution in [0, 0.1) is 11.3 Å². The van der Waals surface area contributed by atoms with Crippen molar-refractivity contribution in [1.29, 1.82) is 0 Å². The number of hydrogen-bond donors (Lipinski definition) is 0. The zero-order valence-corrected chi connectivity index (χ0v) is 13.2. The molecule has 0 radical (unpaired) electrons. The van der Waals surface area contributed by atoms with E-state index < -0.39 is 0 Å². The maximum atomic E-state index is 5.22. The fourth-order valence-corrected chi connectivity index (χ4v) is 4.37. The van der Waals surface area contributed by atoms with Crippen molar-refractivity contribution in [3.8, 4) is 5.75 Å². The monoisotopic (exact) mass is 310 g/mol. The van der Waals surface area contributed by atoms with Gasteiger partial charge in [0.2, 0.25) is 0 Å². The van der Waals surface area contributed by atoms with Crippen LogP contribution >= 0.6 is 15.9 Å². The van der Waals surface area contributed by atoms with Gasteiger partial charge in [-0.05, 0) is 41.9 Å². The molecule has 1 aliphatic rings. The molecule has 1 fully saturated rings. The van der Waals surface area contributed by atoms with Crippen molar-refractivity contribution >= 4 is 15.9 Å². The molecule has 0 amide bonds. The quantitative estimate of drug-likeness (QED) is 0.684. The maximum absolute atomic E-state index is 5.22. The molecule has 2 unspecified atom stereocenters. The molecule has 2 heteroatoms. The average molecular weight is 311 g/mol. The molecule has 0 N–H and O–H groups in total. The molecule has 1 aromatic carbocycles. The Balaban J connectivity index is 2.16. The van der Waals surface area contributed by atoms with E-state index in [0.717, 1.165) is 11.7 Å². The second kappa shape index (κ2) is 5.64. The summed E-state index contributed by atoms with van der Waals surface area (Å²) in [4.78, 5) is 0.457. The number of alkyl halides is 1. The van der Waals surface area contributed by atoms with Gasteiger partial charge in [-0.15, -0.1) is 0 Å². The summed E-state index contributed by atoms with van der Waals surface area (Å²) >= 11 is 3.93. The van der Waals surface area contributed by atoms with Gasteiger partial charge < -0.3 is 4.74 Å². The summed E-state index contributed by atoms with van der Waals surface area (Å²) in [6.07, 6.45) is 5.42. The first-order valence-corrected chi connectivity index (χ1v) is 7.74. The highest BCUT2D eigenvalue weighted by molar-refractivity contribution is 9.09. The summed E-state index contributed by atoms with van der Waals surface area (Å²) in [6, 6.07) is 8.48. The average Bonchev–Trinajstić information content (AvgIpc) is 2.37. The van der Waals surface area contributed by atoms with Gasteiger partial charge >= 0.3 is 0 Å². The lowest BCUT2D eigenvalue weighted by atomic mass is 9.67. The van der Waals surface area contributed by atoms with Crippen molar-refractivity contribution < 1.29 is 4.74 Å². The number of rotatable bonds is 3. The Morgan fingerprint density at radius 2 is 1.89 bits per heavy atom. The zero-order chi connectivity index (χ0) is 13.2. The highest BCUT2D eigenvalue weighted by atomic mass is 79.9. The smallest absolute Gasteiger partial charge is 0.118 e. The molecule has 2 rings (SSSR count). The lowest BCUT2D eigenvalue weighted by Crippen LogP contribution is -2.30. The minimum Gasteiger partial charge on any atom is -0.497 e. The highest BCUT2D eigenvalue weighted by Crippen LogP contribution is 2.50. The first-order valence-electron chi connectivity index (χ1n) is 6.82. The van der Waals surface area contributed by atoms with Crippen molar-refractivity contribution in [3.63, 3.8) is 0 Å². The van der Waals surface area contributed by atoms with Gasteiger partial charge in [0.05, 0.1) is 7.11 Å². The molecule has 0 bridgehead atoms. The highest BCUT2D eigenvalue weighted by Gasteiger charge is 2.36. The first-order chi connectivity index (χ1) is 8.54. The van der Waals surface area contributed by atoms with E-state index >= 15 is 0 Å². The number of halogens is 1. The van der Waals surface area contributed by atoms with Crippen LogP contribution < -0.4 is 4.74 Å². The lowest BCUT2D eigenvalue weighted by molar-refractivity contribution is 0.136. The normalized spacial score (nSPS) is 24.6. The number of methoxy groups -OCH3 is 1. The number of benzene rings is 1. The van der Waals surface area contributed by atoms with Crippen molar-refractivity contribution in [1.82, 2.24) is 0 Å². The van der Waals surface area contributed by atoms with Crippen molar-refractivity contribution in [3.05, 3.63) is 29.8 Å². The SMILES string of the molecule is COc1ccc(C(Br)C2CCCCC2(C)C)cc1. The second-order valence-electron chi connectivity index (χ2n) is 6.02. The van der Waals surface area contributed by atoms with Crippen LogP contribution in [0.15, 0.2) is 24.3 Å². The lowest BCUT2D eigenvalue weighted by Gasteiger charge is -2.41. The Morgan fingerprint density at radius 3 is 2.44 bits per heavy atom. The zero-order valence-electron chi connectivity index (χ0n) is 11.6. The third kappa shape index (κ3) is 2.90. The van der Waals surface area contributed by atoms with Crippen molar-refractivity contribution in [2.45, 2.75) is 44.4 Å². The minimum absolute atomic E-state index is 0.437. The molecule has 1 saturated carbocycles. The van der Waals surface area contributed by atoms with E-state index in [4.69, 9.17) is 4.74 Å². The topological polar surface area (TPSA) is 9.23 Å². The molecule has 100 valence electrons. The Kier molecular flexibility index (Phi) is 4.37. The molecule has 1 aromatic rings. The number of hydrogen-bond acceptors (Lipinski definition) is 1. The van der Waals surface area contributed by atoms with E-state index in [1.54, 1.807) is 7.11 Å². The van der Waals surface area contributed by atoms with Crippen LogP contribution in [-0.2, 0) is 0 Å². The molecule has 0 aromatic heterocycles. The third-order valence-electron chi connectivity index (χ3n) is 4.38. The molecule has 1 aliphatic carbocycles. The fraction of sp³-hybridized carbons (Fsp3) is 0.625. The molecular weight excluding hydrogens is 288 g/mol. The molecule has 1 nitrogen and oxygen atoms in total. The van der Waals surface area contributed by atoms with Crippen LogP contribution in [0.5, 0.6) is 5.75 Å². The van der Waals surface area contributed by atoms with Crippen LogP contribution in [0.25, 0.3) is 0 Å². The summed E-state index contributed by atoms with van der Waals surface area (Å²) in [7, 11) is 1.71. The Bertz CT molecular complexity index is 383. The van der Waals surface area contributed by atoms with Crippen LogP contribution in [0.4, 0.5) is 0 Å². The standard InChI is InChI=1S/C16H23BrO/c1-16(2)11-5-4-6-14(16)15(17)12-7-9-13(18-3)10-8-12/h7-10,14-15H,4-6,11H2,1-3H3. The van der Waals surface area contributed by atoms with Crippen molar-refractivity contribution in [2.75, 3.05) is 7.11 Å². The van der Waals surface area contributed by atoms with Crippen LogP contribution in [0.1, 0.15) is 49.9 Å². The van der Waals surface area contributed by atoms with Gasteiger partial charge in [0.15, 0.2) is 0 Å². The molecule has 0 aliphatic heterocycles. The summed E-state index contributed by atoms with van der Waals surface area (Å²) in [6.45, 7) is 4.82. The number of ether oxygens (including phenoxy) is 1. The van der Waals surface area contributed by atoms with Gasteiger partial charge in [-0.1, -0.05) is 54.8 Å². The Morgan fingerprint density at radius 1 is 1.22 bits per heavy atom. The molecule has 0 saturated heterocycles. The molecular formula is C16H23BrO. The van der Waals surface area contributed by atoms with Gasteiger partial charge in [-0.2, -0.15) is 0 Å². The van der Waals surface area contributed by atoms with Gasteiger partial charge in [0.25, 0.3) is 0 Å². The summed E-state index contributed by atoms with van der Waals surface area (Å²) in [5.41, 5.74) is 1.81. The predicted molar refractivity (Wildman–Crippen MR) is 80.4 cm³/mol. The van der Waals surface area contributed by atoms with Gasteiger partial charge in [0, 0.05) is 4.83 Å². The Labute approximate surface area is 119 Å². The second-order valence-corrected chi connectivity index (χ2v) is 7.00. The maximum Gasteiger partial charge on any atom is 0.118 e. The third-order valence-corrected chi connectivity index (χ3v) is 5.54. The summed E-state index contributed by atoms with van der Waals surface area (Å²) in [5, 5.41) is 0. The predicted octanol–water partition coefficient (Wildman–Crippen LogP) is 5.35. The Hall–Kier alpha value is -0.500. The van der Waals surface area contributed by atoms with Crippen molar-refractivity contribution in [2.24, 2.45) is 11.3 Å². The van der Waals surface area contributed by atoms with E-state index in [0.29, 0.717) is 10.2 Å². The largest absolute Gasteiger partial charge is 0.497 e. The van der Waals surface area contributed by atoms with Crippen LogP contribution in [0.3, 0.4) is 0 Å². The van der Waals surface area contributed by atoms with Crippen LogP contribution in [0.2, 0.25) is 0 Å². The van der Waals surface area contributed by atoms with E-state index in [9.17, 15) is 0 Å². The summed E-state index contributed by atoms with van der Waals surface area (Å²) < 4.78 is 5.22. The van der Waals surface area contributed by atoms with E-state index in [1.807, 2.05) is 0 Å². The molecule has 18 heavy (non-hydrogen) atoms. The van der Waals surface area contributed by atoms with E-state index in [2.05, 4.69) is 54.0 Å². The van der Waals surface area contributed by atoms with Gasteiger partial charge in [-0.25, -0.2) is 0 Å². The minimum atomic E-state index is 0.437. The van der Waals surface area contributed by atoms with Gasteiger partial charge in [-0.3, -0.25) is 0 Å². The summed E-state index contributed by atoms with van der Waals surface area (Å²) in [5.74, 6) is 1.65.